The van der Waals surface area contributed by atoms with E-state index in [1.807, 2.05) is 0 Å². The van der Waals surface area contributed by atoms with Crippen molar-refractivity contribution in [1.82, 2.24) is 9.88 Å². The highest BCUT2D eigenvalue weighted by Gasteiger charge is 2.26. The van der Waals surface area contributed by atoms with Gasteiger partial charge in [0, 0.05) is 25.7 Å². The van der Waals surface area contributed by atoms with Crippen molar-refractivity contribution in [3.8, 4) is 0 Å². The van der Waals surface area contributed by atoms with E-state index in [1.54, 1.807) is 4.90 Å². The molecule has 2 rings (SSSR count). The highest BCUT2D eigenvalue weighted by atomic mass is 16.6. The molecule has 18 heavy (non-hydrogen) atoms. The number of hydrogen-bond acceptors (Lipinski definition) is 5. The molecule has 1 unspecified atom stereocenters. The number of nitrogens with one attached hydrogen (secondary N) is 1. The average molecular weight is 254 g/mol. The fourth-order valence-electron chi connectivity index (χ4n) is 1.83. The summed E-state index contributed by atoms with van der Waals surface area (Å²) in [6.45, 7) is 1.63. The van der Waals surface area contributed by atoms with Gasteiger partial charge >= 0.3 is 0 Å². The van der Waals surface area contributed by atoms with Crippen LogP contribution in [0.15, 0.2) is 12.3 Å². The van der Waals surface area contributed by atoms with Gasteiger partial charge in [-0.05, 0) is 0 Å². The molecule has 8 nitrogen and oxygen atoms in total. The van der Waals surface area contributed by atoms with E-state index in [-0.39, 0.29) is 23.4 Å². The largest absolute Gasteiger partial charge is 0.373 e. The van der Waals surface area contributed by atoms with Gasteiger partial charge in [0.05, 0.1) is 23.8 Å². The molecule has 0 spiro atoms. The van der Waals surface area contributed by atoms with Crippen molar-refractivity contribution in [2.75, 3.05) is 26.2 Å². The molecular formula is C10H14N4O4. The molecule has 0 bridgehead atoms. The van der Waals surface area contributed by atoms with Gasteiger partial charge in [-0.2, -0.15) is 0 Å². The Hall–Kier alpha value is -1.93. The van der Waals surface area contributed by atoms with E-state index in [1.165, 1.54) is 12.3 Å². The molecule has 1 saturated heterocycles. The zero-order valence-corrected chi connectivity index (χ0v) is 9.67. The predicted molar refractivity (Wildman–Crippen MR) is 62.1 cm³/mol. The van der Waals surface area contributed by atoms with Crippen molar-refractivity contribution in [3.63, 3.8) is 0 Å². The maximum atomic E-state index is 12.1. The maximum Gasteiger partial charge on any atom is 0.287 e. The monoisotopic (exact) mass is 254 g/mol. The first-order chi connectivity index (χ1) is 8.61. The SMILES string of the molecule is NCC1CN(C(=O)c2cc([N+](=O)[O-])c[nH]2)CCO1. The number of amides is 1. The number of nitrogens with zero attached hydrogens (tertiary/aromatic N) is 2. The van der Waals surface area contributed by atoms with Crippen molar-refractivity contribution in [2.24, 2.45) is 5.73 Å². The second-order valence-corrected chi connectivity index (χ2v) is 4.01. The lowest BCUT2D eigenvalue weighted by molar-refractivity contribution is -0.384. The van der Waals surface area contributed by atoms with Crippen LogP contribution in [0.3, 0.4) is 0 Å². The maximum absolute atomic E-state index is 12.1. The smallest absolute Gasteiger partial charge is 0.287 e. The van der Waals surface area contributed by atoms with Crippen molar-refractivity contribution in [2.45, 2.75) is 6.10 Å². The molecule has 1 aliphatic rings. The van der Waals surface area contributed by atoms with Gasteiger partial charge in [0.25, 0.3) is 11.6 Å². The normalized spacial score (nSPS) is 19.8. The first kappa shape index (κ1) is 12.5. The number of carbonyl (C=O) groups excluding carboxylic acids is 1. The third-order valence-corrected chi connectivity index (χ3v) is 2.80. The van der Waals surface area contributed by atoms with Crippen molar-refractivity contribution in [3.05, 3.63) is 28.1 Å². The van der Waals surface area contributed by atoms with E-state index >= 15 is 0 Å². The van der Waals surface area contributed by atoms with Gasteiger partial charge in [-0.15, -0.1) is 0 Å². The molecule has 0 saturated carbocycles. The molecule has 8 heteroatoms. The van der Waals surface area contributed by atoms with Gasteiger partial charge in [-0.25, -0.2) is 0 Å². The molecule has 0 aromatic carbocycles. The van der Waals surface area contributed by atoms with Crippen LogP contribution in [0.25, 0.3) is 0 Å². The number of aromatic amines is 1. The first-order valence-electron chi connectivity index (χ1n) is 5.55. The lowest BCUT2D eigenvalue weighted by Crippen LogP contribution is -2.48. The van der Waals surface area contributed by atoms with E-state index < -0.39 is 4.92 Å². The molecule has 1 aromatic heterocycles. The number of nitrogens with two attached hydrogens (primary N) is 1. The fourth-order valence-corrected chi connectivity index (χ4v) is 1.83. The Labute approximate surface area is 103 Å². The highest BCUT2D eigenvalue weighted by molar-refractivity contribution is 5.93. The minimum atomic E-state index is -0.546. The summed E-state index contributed by atoms with van der Waals surface area (Å²) in [6, 6.07) is 1.23. The molecule has 98 valence electrons. The summed E-state index contributed by atoms with van der Waals surface area (Å²) in [7, 11) is 0. The zero-order chi connectivity index (χ0) is 13.1. The van der Waals surface area contributed by atoms with Gasteiger partial charge < -0.3 is 20.4 Å². The molecular weight excluding hydrogens is 240 g/mol. The van der Waals surface area contributed by atoms with Crippen LogP contribution in [0.5, 0.6) is 0 Å². The second kappa shape index (κ2) is 5.15. The quantitative estimate of drug-likeness (QED) is 0.568. The van der Waals surface area contributed by atoms with Crippen LogP contribution in [0.1, 0.15) is 10.5 Å². The van der Waals surface area contributed by atoms with E-state index in [9.17, 15) is 14.9 Å². The molecule has 1 amide bonds. The Morgan fingerprint density at radius 2 is 2.50 bits per heavy atom. The Morgan fingerprint density at radius 1 is 1.72 bits per heavy atom. The van der Waals surface area contributed by atoms with Gasteiger partial charge in [0.15, 0.2) is 0 Å². The molecule has 1 fully saturated rings. The number of rotatable bonds is 3. The second-order valence-electron chi connectivity index (χ2n) is 4.01. The van der Waals surface area contributed by atoms with Crippen LogP contribution in [0, 0.1) is 10.1 Å². The topological polar surface area (TPSA) is 114 Å². The van der Waals surface area contributed by atoms with Gasteiger partial charge in [0.2, 0.25) is 0 Å². The van der Waals surface area contributed by atoms with Gasteiger partial charge in [0.1, 0.15) is 5.69 Å². The van der Waals surface area contributed by atoms with Crippen LogP contribution in [-0.4, -0.2) is 53.1 Å². The standard InChI is InChI=1S/C10H14N4O4/c11-4-8-6-13(1-2-18-8)10(15)9-3-7(5-12-9)14(16)17/h3,5,8,12H,1-2,4,6,11H2. The van der Waals surface area contributed by atoms with Gasteiger partial charge in [-0.1, -0.05) is 0 Å². The number of morpholine rings is 1. The molecule has 1 aromatic rings. The highest BCUT2D eigenvalue weighted by Crippen LogP contribution is 2.15. The number of H-pyrrole nitrogens is 1. The summed E-state index contributed by atoms with van der Waals surface area (Å²) in [4.78, 5) is 26.3. The third kappa shape index (κ3) is 2.49. The Kier molecular flexibility index (Phi) is 3.58. The van der Waals surface area contributed by atoms with E-state index in [0.29, 0.717) is 26.2 Å². The molecule has 3 N–H and O–H groups in total. The summed E-state index contributed by atoms with van der Waals surface area (Å²) >= 11 is 0. The number of ether oxygens (including phenoxy) is 1. The van der Waals surface area contributed by atoms with Crippen molar-refractivity contribution < 1.29 is 14.5 Å². The molecule has 0 radical (unpaired) electrons. The molecule has 1 atom stereocenters. The van der Waals surface area contributed by atoms with Gasteiger partial charge in [-0.3, -0.25) is 14.9 Å². The lowest BCUT2D eigenvalue weighted by atomic mass is 10.2. The summed E-state index contributed by atoms with van der Waals surface area (Å²) in [5.41, 5.74) is 5.57. The number of nitro groups is 1. The van der Waals surface area contributed by atoms with Crippen LogP contribution in [0.4, 0.5) is 5.69 Å². The van der Waals surface area contributed by atoms with Crippen LogP contribution in [0.2, 0.25) is 0 Å². The summed E-state index contributed by atoms with van der Waals surface area (Å²) < 4.78 is 5.35. The Bertz CT molecular complexity index is 458. The third-order valence-electron chi connectivity index (χ3n) is 2.80. The minimum absolute atomic E-state index is 0.123. The van der Waals surface area contributed by atoms with Crippen molar-refractivity contribution in [1.29, 1.82) is 0 Å². The van der Waals surface area contributed by atoms with Crippen molar-refractivity contribution >= 4 is 11.6 Å². The average Bonchev–Trinajstić information content (AvgIpc) is 2.87. The van der Waals surface area contributed by atoms with E-state index in [4.69, 9.17) is 10.5 Å². The number of aromatic nitrogens is 1. The molecule has 2 heterocycles. The predicted octanol–water partition coefficient (Wildman–Crippen LogP) is -0.277. The Morgan fingerprint density at radius 3 is 3.11 bits per heavy atom. The van der Waals surface area contributed by atoms with E-state index in [2.05, 4.69) is 4.98 Å². The number of carbonyl (C=O) groups is 1. The Balaban J connectivity index is 2.07. The minimum Gasteiger partial charge on any atom is -0.373 e. The summed E-state index contributed by atoms with van der Waals surface area (Å²) in [5.74, 6) is -0.273. The zero-order valence-electron chi connectivity index (χ0n) is 9.67. The fraction of sp³-hybridized carbons (Fsp3) is 0.500. The summed E-state index contributed by atoms with van der Waals surface area (Å²) in [6.07, 6.45) is 1.03. The number of hydrogen-bond donors (Lipinski definition) is 2. The summed E-state index contributed by atoms with van der Waals surface area (Å²) in [5, 5.41) is 10.5. The van der Waals surface area contributed by atoms with Crippen LogP contribution >= 0.6 is 0 Å². The lowest BCUT2D eigenvalue weighted by Gasteiger charge is -2.32. The van der Waals surface area contributed by atoms with E-state index in [0.717, 1.165) is 0 Å². The molecule has 1 aliphatic heterocycles. The van der Waals surface area contributed by atoms with Crippen LogP contribution < -0.4 is 5.73 Å². The molecule has 0 aliphatic carbocycles. The first-order valence-corrected chi connectivity index (χ1v) is 5.55. The van der Waals surface area contributed by atoms with Crippen LogP contribution in [-0.2, 0) is 4.74 Å².